The molecule has 1 aliphatic heterocycles. The molecule has 0 spiro atoms. The first-order valence-electron chi connectivity index (χ1n) is 4.93. The van der Waals surface area contributed by atoms with Gasteiger partial charge >= 0.3 is 0 Å². The molecule has 1 aliphatic rings. The van der Waals surface area contributed by atoms with Crippen LogP contribution in [0.15, 0.2) is 15.9 Å². The van der Waals surface area contributed by atoms with Gasteiger partial charge in [0.1, 0.15) is 0 Å². The van der Waals surface area contributed by atoms with Crippen molar-refractivity contribution in [2.24, 2.45) is 0 Å². The van der Waals surface area contributed by atoms with Crippen molar-refractivity contribution in [2.45, 2.75) is 19.5 Å². The van der Waals surface area contributed by atoms with Crippen molar-refractivity contribution in [1.29, 1.82) is 0 Å². The van der Waals surface area contributed by atoms with E-state index in [1.54, 1.807) is 0 Å². The van der Waals surface area contributed by atoms with E-state index >= 15 is 0 Å². The van der Waals surface area contributed by atoms with Gasteiger partial charge in [-0.3, -0.25) is 4.90 Å². The molecule has 0 amide bonds. The Morgan fingerprint density at radius 3 is 3.21 bits per heavy atom. The first-order chi connectivity index (χ1) is 6.75. The van der Waals surface area contributed by atoms with Gasteiger partial charge in [0.15, 0.2) is 0 Å². The van der Waals surface area contributed by atoms with Gasteiger partial charge in [-0.25, -0.2) is 0 Å². The van der Waals surface area contributed by atoms with E-state index in [-0.39, 0.29) is 0 Å². The van der Waals surface area contributed by atoms with Crippen molar-refractivity contribution < 1.29 is 0 Å². The minimum Gasteiger partial charge on any atom is -0.312 e. The van der Waals surface area contributed by atoms with Crippen LogP contribution >= 0.6 is 27.3 Å². The number of halogens is 1. The van der Waals surface area contributed by atoms with Crippen molar-refractivity contribution >= 4 is 27.3 Å². The van der Waals surface area contributed by atoms with Gasteiger partial charge in [-0.15, -0.1) is 11.3 Å². The lowest BCUT2D eigenvalue weighted by Crippen LogP contribution is -2.48. The SMILES string of the molecule is C[C@H]1CN(Cc2sccc2Br)CCN1. The molecule has 1 saturated heterocycles. The average molecular weight is 275 g/mol. The Morgan fingerprint density at radius 1 is 1.71 bits per heavy atom. The highest BCUT2D eigenvalue weighted by Crippen LogP contribution is 2.24. The third kappa shape index (κ3) is 2.57. The fourth-order valence-corrected chi connectivity index (χ4v) is 3.32. The van der Waals surface area contributed by atoms with Crippen LogP contribution in [0.25, 0.3) is 0 Å². The van der Waals surface area contributed by atoms with Gasteiger partial charge in [0.05, 0.1) is 0 Å². The van der Waals surface area contributed by atoms with Gasteiger partial charge in [0.2, 0.25) is 0 Å². The Balaban J connectivity index is 1.94. The molecule has 2 rings (SSSR count). The summed E-state index contributed by atoms with van der Waals surface area (Å²) in [4.78, 5) is 3.96. The summed E-state index contributed by atoms with van der Waals surface area (Å²) < 4.78 is 1.26. The Bertz CT molecular complexity index is 300. The standard InChI is InChI=1S/C10H15BrN2S/c1-8-6-13(4-3-12-8)7-10-9(11)2-5-14-10/h2,5,8,12H,3-4,6-7H2,1H3/t8-/m0/s1. The molecular weight excluding hydrogens is 260 g/mol. The van der Waals surface area contributed by atoms with Crippen LogP contribution in [-0.4, -0.2) is 30.6 Å². The summed E-state index contributed by atoms with van der Waals surface area (Å²) in [5, 5.41) is 5.60. The number of piperazine rings is 1. The highest BCUT2D eigenvalue weighted by Gasteiger charge is 2.16. The van der Waals surface area contributed by atoms with Crippen LogP contribution < -0.4 is 5.32 Å². The second-order valence-corrected chi connectivity index (χ2v) is 5.64. The Kier molecular flexibility index (Phi) is 3.60. The van der Waals surface area contributed by atoms with E-state index in [0.717, 1.165) is 26.2 Å². The third-order valence-electron chi connectivity index (χ3n) is 2.51. The molecule has 1 N–H and O–H groups in total. The quantitative estimate of drug-likeness (QED) is 0.891. The van der Waals surface area contributed by atoms with Crippen molar-refractivity contribution in [3.8, 4) is 0 Å². The van der Waals surface area contributed by atoms with Crippen molar-refractivity contribution in [3.05, 3.63) is 20.8 Å². The first kappa shape index (κ1) is 10.6. The Morgan fingerprint density at radius 2 is 2.57 bits per heavy atom. The molecule has 0 aromatic carbocycles. The van der Waals surface area contributed by atoms with E-state index in [9.17, 15) is 0 Å². The van der Waals surface area contributed by atoms with E-state index in [1.165, 1.54) is 9.35 Å². The average Bonchev–Trinajstić information content (AvgIpc) is 2.52. The molecule has 0 saturated carbocycles. The van der Waals surface area contributed by atoms with Gasteiger partial charge in [0, 0.05) is 41.6 Å². The fourth-order valence-electron chi connectivity index (χ4n) is 1.80. The predicted molar refractivity (Wildman–Crippen MR) is 64.8 cm³/mol. The lowest BCUT2D eigenvalue weighted by Gasteiger charge is -2.31. The van der Waals surface area contributed by atoms with Gasteiger partial charge < -0.3 is 5.32 Å². The van der Waals surface area contributed by atoms with E-state index in [2.05, 4.69) is 44.5 Å². The maximum Gasteiger partial charge on any atom is 0.0340 e. The summed E-state index contributed by atoms with van der Waals surface area (Å²) in [7, 11) is 0. The van der Waals surface area contributed by atoms with Gasteiger partial charge in [-0.1, -0.05) is 0 Å². The highest BCUT2D eigenvalue weighted by molar-refractivity contribution is 9.10. The molecule has 0 bridgehead atoms. The molecule has 1 atom stereocenters. The molecule has 0 unspecified atom stereocenters. The summed E-state index contributed by atoms with van der Waals surface area (Å²) in [5.41, 5.74) is 0. The van der Waals surface area contributed by atoms with E-state index < -0.39 is 0 Å². The topological polar surface area (TPSA) is 15.3 Å². The second-order valence-electron chi connectivity index (χ2n) is 3.78. The van der Waals surface area contributed by atoms with Crippen LogP contribution in [0.1, 0.15) is 11.8 Å². The number of hydrogen-bond donors (Lipinski definition) is 1. The number of nitrogens with one attached hydrogen (secondary N) is 1. The summed E-state index contributed by atoms with van der Waals surface area (Å²) in [6, 6.07) is 2.76. The Hall–Kier alpha value is 0.1000. The first-order valence-corrected chi connectivity index (χ1v) is 6.60. The smallest absolute Gasteiger partial charge is 0.0340 e. The van der Waals surface area contributed by atoms with Crippen molar-refractivity contribution in [1.82, 2.24) is 10.2 Å². The zero-order valence-electron chi connectivity index (χ0n) is 8.29. The van der Waals surface area contributed by atoms with E-state index in [0.29, 0.717) is 6.04 Å². The third-order valence-corrected chi connectivity index (χ3v) is 4.42. The molecular formula is C10H15BrN2S. The number of hydrogen-bond acceptors (Lipinski definition) is 3. The number of thiophene rings is 1. The monoisotopic (exact) mass is 274 g/mol. The van der Waals surface area contributed by atoms with E-state index in [1.807, 2.05) is 11.3 Å². The summed E-state index contributed by atoms with van der Waals surface area (Å²) >= 11 is 5.41. The zero-order chi connectivity index (χ0) is 9.97. The van der Waals surface area contributed by atoms with Gasteiger partial charge in [0.25, 0.3) is 0 Å². The lowest BCUT2D eigenvalue weighted by molar-refractivity contribution is 0.201. The van der Waals surface area contributed by atoms with Crippen LogP contribution in [-0.2, 0) is 6.54 Å². The minimum absolute atomic E-state index is 0.627. The molecule has 14 heavy (non-hydrogen) atoms. The Labute approximate surface area is 97.4 Å². The largest absolute Gasteiger partial charge is 0.312 e. The summed E-state index contributed by atoms with van der Waals surface area (Å²) in [6.45, 7) is 6.77. The summed E-state index contributed by atoms with van der Waals surface area (Å²) in [6.07, 6.45) is 0. The predicted octanol–water partition coefficient (Wildman–Crippen LogP) is 2.30. The molecule has 2 nitrogen and oxygen atoms in total. The summed E-state index contributed by atoms with van der Waals surface area (Å²) in [5.74, 6) is 0. The second kappa shape index (κ2) is 4.75. The molecule has 1 aromatic heterocycles. The fraction of sp³-hybridized carbons (Fsp3) is 0.600. The van der Waals surface area contributed by atoms with Crippen LogP contribution in [0.4, 0.5) is 0 Å². The van der Waals surface area contributed by atoms with E-state index in [4.69, 9.17) is 0 Å². The zero-order valence-corrected chi connectivity index (χ0v) is 10.7. The van der Waals surface area contributed by atoms with Gasteiger partial charge in [-0.05, 0) is 34.3 Å². The number of nitrogens with zero attached hydrogens (tertiary/aromatic N) is 1. The lowest BCUT2D eigenvalue weighted by atomic mass is 10.2. The maximum atomic E-state index is 3.58. The number of rotatable bonds is 2. The van der Waals surface area contributed by atoms with Crippen LogP contribution in [0.5, 0.6) is 0 Å². The van der Waals surface area contributed by atoms with Gasteiger partial charge in [-0.2, -0.15) is 0 Å². The van der Waals surface area contributed by atoms with Crippen LogP contribution in [0.2, 0.25) is 0 Å². The normalized spacial score (nSPS) is 24.0. The highest BCUT2D eigenvalue weighted by atomic mass is 79.9. The molecule has 0 radical (unpaired) electrons. The van der Waals surface area contributed by atoms with Crippen LogP contribution in [0, 0.1) is 0 Å². The molecule has 4 heteroatoms. The molecule has 78 valence electrons. The van der Waals surface area contributed by atoms with Crippen molar-refractivity contribution in [2.75, 3.05) is 19.6 Å². The molecule has 1 aromatic rings. The molecule has 0 aliphatic carbocycles. The van der Waals surface area contributed by atoms with Crippen molar-refractivity contribution in [3.63, 3.8) is 0 Å². The minimum atomic E-state index is 0.627. The maximum absolute atomic E-state index is 3.58. The van der Waals surface area contributed by atoms with Crippen LogP contribution in [0.3, 0.4) is 0 Å². The molecule has 2 heterocycles. The molecule has 1 fully saturated rings.